The molecule has 0 aliphatic carbocycles. The highest BCUT2D eigenvalue weighted by Crippen LogP contribution is 2.32. The van der Waals surface area contributed by atoms with Crippen molar-refractivity contribution in [2.45, 2.75) is 32.8 Å². The Labute approximate surface area is 226 Å². The van der Waals surface area contributed by atoms with Gasteiger partial charge in [-0.1, -0.05) is 32.6 Å². The second kappa shape index (κ2) is 13.4. The maximum atomic E-state index is 14.0. The molecule has 0 radical (unpaired) electrons. The highest BCUT2D eigenvalue weighted by Gasteiger charge is 2.30. The molecule has 1 aromatic carbocycles. The van der Waals surface area contributed by atoms with Crippen LogP contribution in [0.3, 0.4) is 0 Å². The summed E-state index contributed by atoms with van der Waals surface area (Å²) in [5.41, 5.74) is 2.44. The quantitative estimate of drug-likeness (QED) is 0.390. The summed E-state index contributed by atoms with van der Waals surface area (Å²) in [5, 5.41) is 5.29. The summed E-state index contributed by atoms with van der Waals surface area (Å²) < 4.78 is 6.46. The van der Waals surface area contributed by atoms with Crippen molar-refractivity contribution in [3.63, 3.8) is 0 Å². The Morgan fingerprint density at radius 3 is 2.73 bits per heavy atom. The van der Waals surface area contributed by atoms with Crippen LogP contribution in [0.2, 0.25) is 0 Å². The number of rotatable bonds is 12. The zero-order chi connectivity index (χ0) is 26.9. The minimum atomic E-state index is -0.0582. The first-order valence-corrected chi connectivity index (χ1v) is 13.8. The third-order valence-electron chi connectivity index (χ3n) is 6.68. The summed E-state index contributed by atoms with van der Waals surface area (Å²) in [5.74, 6) is 1.51. The molecule has 1 aromatic heterocycles. The number of carbonyl (C=O) groups is 1. The van der Waals surface area contributed by atoms with Gasteiger partial charge in [0.1, 0.15) is 17.7 Å². The normalized spacial score (nSPS) is 16.2. The number of benzene rings is 1. The van der Waals surface area contributed by atoms with Crippen LogP contribution in [0.1, 0.15) is 37.7 Å². The average molecular weight is 524 g/mol. The minimum Gasteiger partial charge on any atom is -0.485 e. The molecule has 1 N–H and O–H groups in total. The molecule has 0 bridgehead atoms. The number of aliphatic imine (C=N–C) groups is 1. The maximum Gasteiger partial charge on any atom is 0.261 e. The van der Waals surface area contributed by atoms with Crippen molar-refractivity contribution in [1.29, 1.82) is 0 Å². The standard InChI is InChI=1S/C29H41N5O2S/c1-8-21(2)28-25(20-31-22(3)32(5)6)29(35)34(17-16-33(28)7)23-11-9-12-24(19-23)36-26(14-15-30-4)27-13-10-18-37-27/h9-13,18-21,26,30H,3,8,14-17H2,1-2,4-7H3/b31-20-. The van der Waals surface area contributed by atoms with E-state index in [1.165, 1.54) is 4.88 Å². The van der Waals surface area contributed by atoms with Gasteiger partial charge in [0.05, 0.1) is 5.57 Å². The van der Waals surface area contributed by atoms with E-state index in [2.05, 4.69) is 54.1 Å². The molecule has 0 spiro atoms. The Kier molecular flexibility index (Phi) is 10.3. The van der Waals surface area contributed by atoms with E-state index in [9.17, 15) is 4.79 Å². The SMILES string of the molecule is C=C(/N=C\C1=C(C(C)CC)N(C)CCN(c2cccc(OC(CCNC)c3cccs3)c2)C1=O)N(C)C. The number of nitrogens with one attached hydrogen (secondary N) is 1. The van der Waals surface area contributed by atoms with E-state index in [4.69, 9.17) is 4.74 Å². The van der Waals surface area contributed by atoms with Crippen molar-refractivity contribution in [1.82, 2.24) is 15.1 Å². The topological polar surface area (TPSA) is 60.4 Å². The molecule has 1 aliphatic heterocycles. The van der Waals surface area contributed by atoms with Gasteiger partial charge in [0.15, 0.2) is 0 Å². The highest BCUT2D eigenvalue weighted by atomic mass is 32.1. The molecular formula is C29H41N5O2S. The van der Waals surface area contributed by atoms with Gasteiger partial charge in [0.2, 0.25) is 0 Å². The molecule has 1 aliphatic rings. The Morgan fingerprint density at radius 1 is 1.30 bits per heavy atom. The molecule has 0 saturated carbocycles. The molecule has 7 nitrogen and oxygen atoms in total. The van der Waals surface area contributed by atoms with Gasteiger partial charge in [0.25, 0.3) is 5.91 Å². The van der Waals surface area contributed by atoms with Gasteiger partial charge in [-0.3, -0.25) is 4.79 Å². The Bertz CT molecular complexity index is 1110. The summed E-state index contributed by atoms with van der Waals surface area (Å²) in [6.45, 7) is 10.4. The highest BCUT2D eigenvalue weighted by molar-refractivity contribution is 7.10. The first-order valence-electron chi connectivity index (χ1n) is 12.9. The monoisotopic (exact) mass is 523 g/mol. The summed E-state index contributed by atoms with van der Waals surface area (Å²) in [7, 11) is 7.79. The van der Waals surface area contributed by atoms with Gasteiger partial charge < -0.3 is 24.8 Å². The summed E-state index contributed by atoms with van der Waals surface area (Å²) in [4.78, 5) is 25.6. The van der Waals surface area contributed by atoms with Crippen LogP contribution in [0.25, 0.3) is 0 Å². The van der Waals surface area contributed by atoms with Gasteiger partial charge in [-0.2, -0.15) is 0 Å². The molecule has 37 heavy (non-hydrogen) atoms. The van der Waals surface area contributed by atoms with E-state index in [0.717, 1.165) is 43.1 Å². The average Bonchev–Trinajstić information content (AvgIpc) is 3.39. The lowest BCUT2D eigenvalue weighted by molar-refractivity contribution is -0.114. The fraction of sp³-hybridized carbons (Fsp3) is 0.448. The smallest absolute Gasteiger partial charge is 0.261 e. The molecular weight excluding hydrogens is 482 g/mol. The summed E-state index contributed by atoms with van der Waals surface area (Å²) in [6, 6.07) is 12.0. The lowest BCUT2D eigenvalue weighted by Gasteiger charge is -2.26. The van der Waals surface area contributed by atoms with Crippen LogP contribution in [0.15, 0.2) is 70.4 Å². The molecule has 1 amide bonds. The molecule has 2 unspecified atom stereocenters. The molecule has 3 rings (SSSR count). The number of hydrogen-bond donors (Lipinski definition) is 1. The van der Waals surface area contributed by atoms with Crippen LogP contribution >= 0.6 is 11.3 Å². The van der Waals surface area contributed by atoms with Crippen LogP contribution in [0, 0.1) is 5.92 Å². The second-order valence-electron chi connectivity index (χ2n) is 9.57. The van der Waals surface area contributed by atoms with E-state index < -0.39 is 0 Å². The van der Waals surface area contributed by atoms with Crippen LogP contribution in [-0.2, 0) is 4.79 Å². The molecule has 0 fully saturated rings. The largest absolute Gasteiger partial charge is 0.485 e. The van der Waals surface area contributed by atoms with Gasteiger partial charge in [-0.15, -0.1) is 11.3 Å². The number of anilines is 1. The van der Waals surface area contributed by atoms with E-state index in [1.807, 2.05) is 61.3 Å². The number of likely N-dealkylation sites (N-methyl/N-ethyl adjacent to an activating group) is 1. The fourth-order valence-electron chi connectivity index (χ4n) is 4.29. The first-order chi connectivity index (χ1) is 17.8. The first kappa shape index (κ1) is 28.5. The predicted octanol–water partition coefficient (Wildman–Crippen LogP) is 5.16. The number of allylic oxidation sites excluding steroid dienone is 1. The molecule has 200 valence electrons. The predicted molar refractivity (Wildman–Crippen MR) is 155 cm³/mol. The molecule has 2 aromatic rings. The van der Waals surface area contributed by atoms with Crippen molar-refractivity contribution in [3.05, 3.63) is 70.3 Å². The zero-order valence-electron chi connectivity index (χ0n) is 23.0. The third-order valence-corrected chi connectivity index (χ3v) is 7.65. The van der Waals surface area contributed by atoms with E-state index >= 15 is 0 Å². The summed E-state index contributed by atoms with van der Waals surface area (Å²) in [6.07, 6.45) is 3.42. The second-order valence-corrected chi connectivity index (χ2v) is 10.5. The number of thiophene rings is 1. The van der Waals surface area contributed by atoms with Gasteiger partial charge in [0, 0.05) is 69.2 Å². The van der Waals surface area contributed by atoms with E-state index in [-0.39, 0.29) is 17.9 Å². The Morgan fingerprint density at radius 2 is 2.08 bits per heavy atom. The van der Waals surface area contributed by atoms with Gasteiger partial charge >= 0.3 is 0 Å². The lowest BCUT2D eigenvalue weighted by atomic mass is 9.98. The fourth-order valence-corrected chi connectivity index (χ4v) is 5.08. The van der Waals surface area contributed by atoms with Crippen molar-refractivity contribution >= 4 is 29.1 Å². The molecule has 2 heterocycles. The third kappa shape index (κ3) is 7.23. The molecule has 2 atom stereocenters. The van der Waals surface area contributed by atoms with E-state index in [1.54, 1.807) is 17.6 Å². The molecule has 8 heteroatoms. The Hall–Kier alpha value is -3.10. The zero-order valence-corrected chi connectivity index (χ0v) is 23.8. The number of hydrogen-bond acceptors (Lipinski definition) is 7. The van der Waals surface area contributed by atoms with Gasteiger partial charge in [-0.25, -0.2) is 4.99 Å². The van der Waals surface area contributed by atoms with Crippen molar-refractivity contribution in [2.75, 3.05) is 52.7 Å². The van der Waals surface area contributed by atoms with Crippen LogP contribution in [0.5, 0.6) is 5.75 Å². The van der Waals surface area contributed by atoms with Crippen molar-refractivity contribution in [2.24, 2.45) is 10.9 Å². The minimum absolute atomic E-state index is 0.0506. The number of carbonyl (C=O) groups excluding carboxylic acids is 1. The van der Waals surface area contributed by atoms with Gasteiger partial charge in [-0.05, 0) is 49.5 Å². The number of amides is 1. The van der Waals surface area contributed by atoms with Crippen molar-refractivity contribution < 1.29 is 9.53 Å². The number of ether oxygens (including phenoxy) is 1. The number of nitrogens with zero attached hydrogens (tertiary/aromatic N) is 4. The maximum absolute atomic E-state index is 14.0. The molecule has 0 saturated heterocycles. The van der Waals surface area contributed by atoms with E-state index in [0.29, 0.717) is 17.9 Å². The van der Waals surface area contributed by atoms with Crippen LogP contribution in [0.4, 0.5) is 5.69 Å². The summed E-state index contributed by atoms with van der Waals surface area (Å²) >= 11 is 1.70. The van der Waals surface area contributed by atoms with Crippen molar-refractivity contribution in [3.8, 4) is 5.75 Å². The van der Waals surface area contributed by atoms with Crippen LogP contribution < -0.4 is 15.0 Å². The Balaban J connectivity index is 1.95. The lowest BCUT2D eigenvalue weighted by Crippen LogP contribution is -2.34. The van der Waals surface area contributed by atoms with Crippen LogP contribution in [-0.4, -0.2) is 69.7 Å².